The van der Waals surface area contributed by atoms with Crippen LogP contribution in [0.4, 0.5) is 13.2 Å². The first-order chi connectivity index (χ1) is 15.2. The molecule has 3 rings (SSSR count). The fraction of sp³-hybridized carbons (Fsp3) is 0.261. The molecule has 3 aromatic rings. The van der Waals surface area contributed by atoms with Crippen LogP contribution in [-0.2, 0) is 17.4 Å². The number of benzene rings is 2. The molecule has 1 aromatic heterocycles. The molecule has 0 fully saturated rings. The van der Waals surface area contributed by atoms with Crippen molar-refractivity contribution in [3.63, 3.8) is 0 Å². The van der Waals surface area contributed by atoms with Gasteiger partial charge in [0.15, 0.2) is 5.82 Å². The molecule has 0 aliphatic heterocycles. The molecule has 1 N–H and O–H groups in total. The van der Waals surface area contributed by atoms with E-state index in [0.717, 1.165) is 22.6 Å². The fourth-order valence-corrected chi connectivity index (χ4v) is 4.06. The van der Waals surface area contributed by atoms with Crippen LogP contribution in [0.5, 0.6) is 5.75 Å². The van der Waals surface area contributed by atoms with Gasteiger partial charge in [-0.05, 0) is 55.3 Å². The van der Waals surface area contributed by atoms with Crippen LogP contribution in [0.15, 0.2) is 65.8 Å². The van der Waals surface area contributed by atoms with Crippen LogP contribution >= 0.6 is 11.8 Å². The molecule has 9 heteroatoms. The van der Waals surface area contributed by atoms with Crippen LogP contribution < -0.4 is 4.74 Å². The van der Waals surface area contributed by atoms with Crippen LogP contribution in [0.1, 0.15) is 24.5 Å². The van der Waals surface area contributed by atoms with E-state index >= 15 is 0 Å². The number of thioether (sulfide) groups is 1. The second-order valence-electron chi connectivity index (χ2n) is 7.06. The Hall–Kier alpha value is -3.07. The standard InChI is InChI=1S/C23H21F3N2O3S/c1-15(8-11-32-18-5-2-4-16(12-18)13-21(29)30)31-20-7-6-17(23(24,25)26)14-19(20)22-27-9-3-10-28-22/h2-7,9-10,12,14-15H,8,11,13H2,1H3,(H,29,30)/t15-/m1/s1. The summed E-state index contributed by atoms with van der Waals surface area (Å²) in [5.74, 6) is 0.245. The molecule has 0 saturated carbocycles. The van der Waals surface area contributed by atoms with Crippen LogP contribution in [0.25, 0.3) is 11.4 Å². The van der Waals surface area contributed by atoms with Crippen molar-refractivity contribution >= 4 is 17.7 Å². The van der Waals surface area contributed by atoms with Crippen molar-refractivity contribution in [1.82, 2.24) is 9.97 Å². The van der Waals surface area contributed by atoms with Crippen molar-refractivity contribution in [1.29, 1.82) is 0 Å². The first-order valence-corrected chi connectivity index (χ1v) is 10.8. The molecule has 0 amide bonds. The lowest BCUT2D eigenvalue weighted by molar-refractivity contribution is -0.138. The summed E-state index contributed by atoms with van der Waals surface area (Å²) >= 11 is 1.56. The summed E-state index contributed by atoms with van der Waals surface area (Å²) in [6, 6.07) is 12.2. The molecular weight excluding hydrogens is 441 g/mol. The summed E-state index contributed by atoms with van der Waals surface area (Å²) in [6.45, 7) is 1.84. The number of aliphatic carboxylic acids is 1. The maximum absolute atomic E-state index is 13.2. The van der Waals surface area contributed by atoms with Crippen molar-refractivity contribution in [3.05, 3.63) is 72.1 Å². The maximum Gasteiger partial charge on any atom is 0.416 e. The quantitative estimate of drug-likeness (QED) is 0.409. The second-order valence-corrected chi connectivity index (χ2v) is 8.23. The van der Waals surface area contributed by atoms with Gasteiger partial charge in [-0.3, -0.25) is 4.79 Å². The molecule has 32 heavy (non-hydrogen) atoms. The lowest BCUT2D eigenvalue weighted by Crippen LogP contribution is -2.14. The van der Waals surface area contributed by atoms with Gasteiger partial charge in [-0.25, -0.2) is 9.97 Å². The molecule has 0 spiro atoms. The van der Waals surface area contributed by atoms with E-state index < -0.39 is 17.7 Å². The highest BCUT2D eigenvalue weighted by Crippen LogP contribution is 2.36. The summed E-state index contributed by atoms with van der Waals surface area (Å²) in [4.78, 5) is 19.9. The molecule has 0 radical (unpaired) electrons. The van der Waals surface area contributed by atoms with Gasteiger partial charge in [0, 0.05) is 23.0 Å². The molecule has 2 aromatic carbocycles. The monoisotopic (exact) mass is 462 g/mol. The number of nitrogens with zero attached hydrogens (tertiary/aromatic N) is 2. The van der Waals surface area contributed by atoms with E-state index in [1.54, 1.807) is 23.9 Å². The Morgan fingerprint density at radius 2 is 1.88 bits per heavy atom. The number of carboxylic acid groups (broad SMARTS) is 1. The Morgan fingerprint density at radius 1 is 1.12 bits per heavy atom. The Balaban J connectivity index is 1.67. The highest BCUT2D eigenvalue weighted by molar-refractivity contribution is 7.99. The molecule has 168 valence electrons. The summed E-state index contributed by atoms with van der Waals surface area (Å²) in [5, 5.41) is 8.92. The molecule has 0 bridgehead atoms. The zero-order valence-electron chi connectivity index (χ0n) is 17.2. The lowest BCUT2D eigenvalue weighted by Gasteiger charge is -2.18. The van der Waals surface area contributed by atoms with E-state index in [0.29, 0.717) is 12.2 Å². The topological polar surface area (TPSA) is 72.3 Å². The smallest absolute Gasteiger partial charge is 0.416 e. The van der Waals surface area contributed by atoms with Gasteiger partial charge >= 0.3 is 12.1 Å². The second kappa shape index (κ2) is 10.5. The first kappa shape index (κ1) is 23.6. The lowest BCUT2D eigenvalue weighted by atomic mass is 10.1. The molecule has 1 atom stereocenters. The number of carboxylic acids is 1. The van der Waals surface area contributed by atoms with Crippen LogP contribution in [0.3, 0.4) is 0 Å². The Kier molecular flexibility index (Phi) is 7.74. The predicted molar refractivity (Wildman–Crippen MR) is 116 cm³/mol. The summed E-state index contributed by atoms with van der Waals surface area (Å²) in [6.07, 6.45) is -1.24. The number of rotatable bonds is 9. The number of hydrogen-bond acceptors (Lipinski definition) is 5. The highest BCUT2D eigenvalue weighted by atomic mass is 32.2. The van der Waals surface area contributed by atoms with E-state index in [1.165, 1.54) is 18.5 Å². The van der Waals surface area contributed by atoms with Crippen molar-refractivity contribution in [2.24, 2.45) is 0 Å². The molecule has 1 heterocycles. The minimum atomic E-state index is -4.49. The molecule has 0 aliphatic carbocycles. The Morgan fingerprint density at radius 3 is 2.56 bits per heavy atom. The van der Waals surface area contributed by atoms with Gasteiger partial charge in [0.25, 0.3) is 0 Å². The van der Waals surface area contributed by atoms with Gasteiger partial charge in [0.05, 0.1) is 23.7 Å². The van der Waals surface area contributed by atoms with Gasteiger partial charge in [-0.1, -0.05) is 12.1 Å². The Labute approximate surface area is 187 Å². The van der Waals surface area contributed by atoms with Crippen LogP contribution in [-0.4, -0.2) is 32.9 Å². The number of aromatic nitrogens is 2. The predicted octanol–water partition coefficient (Wildman–Crippen LogP) is 5.74. The largest absolute Gasteiger partial charge is 0.490 e. The summed E-state index contributed by atoms with van der Waals surface area (Å²) in [7, 11) is 0. The van der Waals surface area contributed by atoms with E-state index in [9.17, 15) is 18.0 Å². The zero-order chi connectivity index (χ0) is 23.1. The third-order valence-electron chi connectivity index (χ3n) is 4.49. The maximum atomic E-state index is 13.2. The highest BCUT2D eigenvalue weighted by Gasteiger charge is 2.31. The normalized spacial score (nSPS) is 12.4. The number of halogens is 3. The van der Waals surface area contributed by atoms with E-state index in [1.807, 2.05) is 25.1 Å². The number of carbonyl (C=O) groups is 1. The summed E-state index contributed by atoms with van der Waals surface area (Å²) < 4.78 is 45.5. The fourth-order valence-electron chi connectivity index (χ4n) is 2.96. The molecule has 0 aliphatic rings. The average Bonchev–Trinajstić information content (AvgIpc) is 2.73. The van der Waals surface area contributed by atoms with Gasteiger partial charge < -0.3 is 9.84 Å². The summed E-state index contributed by atoms with van der Waals surface area (Å²) in [5.41, 5.74) is 0.113. The van der Waals surface area contributed by atoms with Crippen molar-refractivity contribution in [3.8, 4) is 17.1 Å². The zero-order valence-corrected chi connectivity index (χ0v) is 18.0. The van der Waals surface area contributed by atoms with Gasteiger partial charge in [0.1, 0.15) is 5.75 Å². The van der Waals surface area contributed by atoms with Crippen molar-refractivity contribution < 1.29 is 27.8 Å². The van der Waals surface area contributed by atoms with E-state index in [4.69, 9.17) is 9.84 Å². The van der Waals surface area contributed by atoms with Crippen LogP contribution in [0.2, 0.25) is 0 Å². The molecule has 0 unspecified atom stereocenters. The van der Waals surface area contributed by atoms with Gasteiger partial charge in [0.2, 0.25) is 0 Å². The minimum Gasteiger partial charge on any atom is -0.490 e. The SMILES string of the molecule is C[C@H](CCSc1cccc(CC(=O)O)c1)Oc1ccc(C(F)(F)F)cc1-c1ncccn1. The third-order valence-corrected chi connectivity index (χ3v) is 5.52. The molecule has 0 saturated heterocycles. The Bertz CT molecular complexity index is 1060. The van der Waals surface area contributed by atoms with Gasteiger partial charge in [-0.2, -0.15) is 13.2 Å². The minimum absolute atomic E-state index is 0.0355. The van der Waals surface area contributed by atoms with Crippen molar-refractivity contribution in [2.75, 3.05) is 5.75 Å². The molecular formula is C23H21F3N2O3S. The average molecular weight is 462 g/mol. The first-order valence-electron chi connectivity index (χ1n) is 9.81. The van der Waals surface area contributed by atoms with E-state index in [2.05, 4.69) is 9.97 Å². The van der Waals surface area contributed by atoms with Crippen molar-refractivity contribution in [2.45, 2.75) is 36.9 Å². The number of ether oxygens (including phenoxy) is 1. The molecule has 5 nitrogen and oxygen atoms in total. The third kappa shape index (κ3) is 6.71. The van der Waals surface area contributed by atoms with E-state index in [-0.39, 0.29) is 29.7 Å². The number of hydrogen-bond donors (Lipinski definition) is 1. The van der Waals surface area contributed by atoms with Crippen LogP contribution in [0, 0.1) is 0 Å². The number of alkyl halides is 3. The van der Waals surface area contributed by atoms with Gasteiger partial charge in [-0.15, -0.1) is 11.8 Å².